The Kier molecular flexibility index (Phi) is 6.83. The van der Waals surface area contributed by atoms with Crippen molar-refractivity contribution >= 4 is 12.0 Å². The molecule has 0 unspecified atom stereocenters. The summed E-state index contributed by atoms with van der Waals surface area (Å²) in [7, 11) is 0. The van der Waals surface area contributed by atoms with Gasteiger partial charge in [0.25, 0.3) is 0 Å². The fourth-order valence-electron chi connectivity index (χ4n) is 2.33. The van der Waals surface area contributed by atoms with Crippen molar-refractivity contribution in [2.75, 3.05) is 13.2 Å². The summed E-state index contributed by atoms with van der Waals surface area (Å²) in [4.78, 5) is 22.6. The first-order valence-electron chi connectivity index (χ1n) is 8.14. The average molecular weight is 342 g/mol. The standard InChI is InChI=1S/C19H22N2O4/c1-2-25-17-6-4-3-5-15(17)11-12-20-19(24)21-13-14-7-9-16(10-8-14)18(22)23/h3-10H,2,11-13H2,1H3,(H,22,23)(H2,20,21,24). The van der Waals surface area contributed by atoms with Crippen molar-refractivity contribution in [1.82, 2.24) is 10.6 Å². The van der Waals surface area contributed by atoms with E-state index < -0.39 is 5.97 Å². The molecule has 0 bridgehead atoms. The van der Waals surface area contributed by atoms with Crippen LogP contribution >= 0.6 is 0 Å². The van der Waals surface area contributed by atoms with Crippen LogP contribution in [0.4, 0.5) is 4.79 Å². The van der Waals surface area contributed by atoms with Gasteiger partial charge in [-0.3, -0.25) is 0 Å². The molecule has 0 aromatic heterocycles. The smallest absolute Gasteiger partial charge is 0.335 e. The number of aromatic carboxylic acids is 1. The predicted molar refractivity (Wildman–Crippen MR) is 95.0 cm³/mol. The molecule has 2 rings (SSSR count). The van der Waals surface area contributed by atoms with Crippen LogP contribution in [0.5, 0.6) is 5.75 Å². The van der Waals surface area contributed by atoms with E-state index in [1.807, 2.05) is 31.2 Å². The lowest BCUT2D eigenvalue weighted by molar-refractivity contribution is 0.0697. The number of carbonyl (C=O) groups excluding carboxylic acids is 1. The van der Waals surface area contributed by atoms with Crippen LogP contribution in [0, 0.1) is 0 Å². The van der Waals surface area contributed by atoms with Gasteiger partial charge in [-0.15, -0.1) is 0 Å². The first-order chi connectivity index (χ1) is 12.1. The number of rotatable bonds is 8. The molecular formula is C19H22N2O4. The molecule has 6 nitrogen and oxygen atoms in total. The van der Waals surface area contributed by atoms with E-state index in [9.17, 15) is 9.59 Å². The molecule has 2 aromatic rings. The van der Waals surface area contributed by atoms with Crippen molar-refractivity contribution in [3.8, 4) is 5.75 Å². The molecule has 0 saturated heterocycles. The van der Waals surface area contributed by atoms with Gasteiger partial charge in [0.05, 0.1) is 12.2 Å². The zero-order valence-electron chi connectivity index (χ0n) is 14.1. The normalized spacial score (nSPS) is 10.1. The van der Waals surface area contributed by atoms with E-state index in [4.69, 9.17) is 9.84 Å². The van der Waals surface area contributed by atoms with Gasteiger partial charge >= 0.3 is 12.0 Å². The largest absolute Gasteiger partial charge is 0.494 e. The summed E-state index contributed by atoms with van der Waals surface area (Å²) in [5.41, 5.74) is 2.11. The van der Waals surface area contributed by atoms with Gasteiger partial charge in [-0.05, 0) is 42.7 Å². The number of hydrogen-bond acceptors (Lipinski definition) is 3. The highest BCUT2D eigenvalue weighted by Crippen LogP contribution is 2.17. The molecule has 0 aliphatic heterocycles. The first-order valence-corrected chi connectivity index (χ1v) is 8.14. The molecule has 0 radical (unpaired) electrons. The fourth-order valence-corrected chi connectivity index (χ4v) is 2.33. The fraction of sp³-hybridized carbons (Fsp3) is 0.263. The molecule has 2 amide bonds. The third-order valence-corrected chi connectivity index (χ3v) is 3.61. The van der Waals surface area contributed by atoms with Crippen molar-refractivity contribution in [1.29, 1.82) is 0 Å². The second-order valence-electron chi connectivity index (χ2n) is 5.40. The van der Waals surface area contributed by atoms with Gasteiger partial charge in [0, 0.05) is 13.1 Å². The minimum absolute atomic E-state index is 0.223. The first kappa shape index (κ1) is 18.3. The maximum atomic E-state index is 11.8. The second-order valence-corrected chi connectivity index (χ2v) is 5.40. The summed E-state index contributed by atoms with van der Waals surface area (Å²) in [6, 6.07) is 13.9. The van der Waals surface area contributed by atoms with Gasteiger partial charge < -0.3 is 20.5 Å². The lowest BCUT2D eigenvalue weighted by atomic mass is 10.1. The number of carboxylic acid groups (broad SMARTS) is 1. The van der Waals surface area contributed by atoms with Crippen molar-refractivity contribution in [3.05, 3.63) is 65.2 Å². The van der Waals surface area contributed by atoms with Gasteiger partial charge in [0.2, 0.25) is 0 Å². The Bertz CT molecular complexity index is 714. The summed E-state index contributed by atoms with van der Waals surface area (Å²) in [5.74, 6) is -0.129. The molecule has 0 atom stereocenters. The van der Waals surface area contributed by atoms with Crippen molar-refractivity contribution in [2.24, 2.45) is 0 Å². The van der Waals surface area contributed by atoms with Crippen molar-refractivity contribution < 1.29 is 19.4 Å². The van der Waals surface area contributed by atoms with Crippen LogP contribution in [-0.2, 0) is 13.0 Å². The SMILES string of the molecule is CCOc1ccccc1CCNC(=O)NCc1ccc(C(=O)O)cc1. The molecule has 3 N–H and O–H groups in total. The van der Waals surface area contributed by atoms with E-state index >= 15 is 0 Å². The summed E-state index contributed by atoms with van der Waals surface area (Å²) in [6.45, 7) is 3.37. The highest BCUT2D eigenvalue weighted by molar-refractivity contribution is 5.87. The Hall–Kier alpha value is -3.02. The van der Waals surface area contributed by atoms with E-state index in [0.717, 1.165) is 16.9 Å². The number of nitrogens with one attached hydrogen (secondary N) is 2. The summed E-state index contributed by atoms with van der Waals surface area (Å²) in [5, 5.41) is 14.4. The number of carbonyl (C=O) groups is 2. The number of hydrogen-bond donors (Lipinski definition) is 3. The molecule has 132 valence electrons. The highest BCUT2D eigenvalue weighted by Gasteiger charge is 2.05. The minimum atomic E-state index is -0.968. The van der Waals surface area contributed by atoms with Crippen LogP contribution in [0.25, 0.3) is 0 Å². The Morgan fingerprint density at radius 2 is 1.76 bits per heavy atom. The molecular weight excluding hydrogens is 320 g/mol. The maximum absolute atomic E-state index is 11.8. The van der Waals surface area contributed by atoms with Gasteiger partial charge in [-0.2, -0.15) is 0 Å². The molecule has 6 heteroatoms. The molecule has 0 saturated carbocycles. The van der Waals surface area contributed by atoms with Gasteiger partial charge in [0.15, 0.2) is 0 Å². The Balaban J connectivity index is 1.75. The second kappa shape index (κ2) is 9.32. The summed E-state index contributed by atoms with van der Waals surface area (Å²) in [6.07, 6.45) is 0.677. The lowest BCUT2D eigenvalue weighted by Crippen LogP contribution is -2.36. The monoisotopic (exact) mass is 342 g/mol. The van der Waals surface area contributed by atoms with E-state index in [0.29, 0.717) is 26.1 Å². The predicted octanol–water partition coefficient (Wildman–Crippen LogP) is 2.83. The molecule has 0 aliphatic rings. The number of para-hydroxylation sites is 1. The number of benzene rings is 2. The zero-order valence-corrected chi connectivity index (χ0v) is 14.1. The number of urea groups is 1. The van der Waals surface area contributed by atoms with Crippen LogP contribution in [0.2, 0.25) is 0 Å². The number of carboxylic acids is 1. The van der Waals surface area contributed by atoms with Crippen LogP contribution in [-0.4, -0.2) is 30.3 Å². The Morgan fingerprint density at radius 3 is 2.44 bits per heavy atom. The van der Waals surface area contributed by atoms with Crippen LogP contribution in [0.1, 0.15) is 28.4 Å². The van der Waals surface area contributed by atoms with Crippen molar-refractivity contribution in [3.63, 3.8) is 0 Å². The third kappa shape index (κ3) is 5.84. The zero-order chi connectivity index (χ0) is 18.1. The lowest BCUT2D eigenvalue weighted by Gasteiger charge is -2.11. The van der Waals surface area contributed by atoms with E-state index in [-0.39, 0.29) is 11.6 Å². The van der Waals surface area contributed by atoms with E-state index in [2.05, 4.69) is 10.6 Å². The van der Waals surface area contributed by atoms with Crippen LogP contribution < -0.4 is 15.4 Å². The minimum Gasteiger partial charge on any atom is -0.494 e. The third-order valence-electron chi connectivity index (χ3n) is 3.61. The molecule has 0 heterocycles. The summed E-state index contributed by atoms with van der Waals surface area (Å²) < 4.78 is 5.56. The Morgan fingerprint density at radius 1 is 1.04 bits per heavy atom. The van der Waals surface area contributed by atoms with Gasteiger partial charge in [-0.1, -0.05) is 30.3 Å². The number of ether oxygens (including phenoxy) is 1. The number of amides is 2. The molecule has 25 heavy (non-hydrogen) atoms. The maximum Gasteiger partial charge on any atom is 0.335 e. The molecule has 2 aromatic carbocycles. The summed E-state index contributed by atoms with van der Waals surface area (Å²) >= 11 is 0. The van der Waals surface area contributed by atoms with Gasteiger partial charge in [0.1, 0.15) is 5.75 Å². The van der Waals surface area contributed by atoms with Crippen LogP contribution in [0.15, 0.2) is 48.5 Å². The topological polar surface area (TPSA) is 87.7 Å². The highest BCUT2D eigenvalue weighted by atomic mass is 16.5. The van der Waals surface area contributed by atoms with E-state index in [1.54, 1.807) is 12.1 Å². The van der Waals surface area contributed by atoms with E-state index in [1.165, 1.54) is 12.1 Å². The molecule has 0 spiro atoms. The Labute approximate surface area is 146 Å². The van der Waals surface area contributed by atoms with Crippen molar-refractivity contribution in [2.45, 2.75) is 19.9 Å². The molecule has 0 fully saturated rings. The average Bonchev–Trinajstić information content (AvgIpc) is 2.62. The van der Waals surface area contributed by atoms with Crippen LogP contribution in [0.3, 0.4) is 0 Å². The quantitative estimate of drug-likeness (QED) is 0.688. The van der Waals surface area contributed by atoms with Gasteiger partial charge in [-0.25, -0.2) is 9.59 Å². The molecule has 0 aliphatic carbocycles.